The molecule has 26 heavy (non-hydrogen) atoms. The summed E-state index contributed by atoms with van der Waals surface area (Å²) in [6.07, 6.45) is 0.910. The van der Waals surface area contributed by atoms with Gasteiger partial charge >= 0.3 is 5.69 Å². The maximum absolute atomic E-state index is 11.8. The molecule has 2 aliphatic rings. The lowest BCUT2D eigenvalue weighted by atomic mass is 10.3. The minimum atomic E-state index is -0.851. The van der Waals surface area contributed by atoms with Crippen LogP contribution in [0.15, 0.2) is 5.03 Å². The van der Waals surface area contributed by atoms with E-state index in [4.69, 9.17) is 0 Å². The second kappa shape index (κ2) is 9.07. The van der Waals surface area contributed by atoms with Crippen molar-refractivity contribution in [1.82, 2.24) is 15.3 Å². The molecule has 2 saturated heterocycles. The van der Waals surface area contributed by atoms with Gasteiger partial charge in [-0.1, -0.05) is 29.9 Å². The average molecular weight is 401 g/mol. The molecule has 1 N–H and O–H groups in total. The van der Waals surface area contributed by atoms with Crippen LogP contribution in [0.4, 0.5) is 17.5 Å². The lowest BCUT2D eigenvalue weighted by molar-refractivity contribution is -0.387. The summed E-state index contributed by atoms with van der Waals surface area (Å²) in [5, 5.41) is 15.5. The van der Waals surface area contributed by atoms with Crippen molar-refractivity contribution >= 4 is 40.4 Å². The number of aromatic nitrogens is 2. The summed E-state index contributed by atoms with van der Waals surface area (Å²) in [5.41, 5.74) is -0.0185. The molecule has 2 aliphatic heterocycles. The van der Waals surface area contributed by atoms with Gasteiger partial charge in [0.15, 0.2) is 5.03 Å². The van der Waals surface area contributed by atoms with Crippen LogP contribution in [0.3, 0.4) is 0 Å². The Morgan fingerprint density at radius 3 is 2.50 bits per heavy atom. The molecule has 0 unspecified atom stereocenters. The summed E-state index contributed by atoms with van der Waals surface area (Å²) >= 11 is 0.560. The van der Waals surface area contributed by atoms with E-state index < -0.39 is 11.2 Å². The third-order valence-electron chi connectivity index (χ3n) is 4.32. The third-order valence-corrected chi connectivity index (χ3v) is 6.77. The monoisotopic (exact) mass is 400 g/mol. The Bertz CT molecular complexity index is 636. The Hall–Kier alpha value is -1.30. The van der Waals surface area contributed by atoms with Crippen LogP contribution < -0.4 is 15.1 Å². The molecule has 1 aromatic heterocycles. The van der Waals surface area contributed by atoms with E-state index in [0.717, 1.165) is 38.4 Å². The Labute approximate surface area is 160 Å². The minimum Gasteiger partial charge on any atom is -0.616 e. The van der Waals surface area contributed by atoms with Gasteiger partial charge in [0, 0.05) is 26.2 Å². The maximum Gasteiger partial charge on any atom is 0.343 e. The first-order valence-electron chi connectivity index (χ1n) is 8.85. The summed E-state index contributed by atoms with van der Waals surface area (Å²) in [7, 11) is 0. The van der Waals surface area contributed by atoms with Crippen molar-refractivity contribution in [1.29, 1.82) is 0 Å². The third kappa shape index (κ3) is 4.51. The zero-order valence-electron chi connectivity index (χ0n) is 14.8. The fourth-order valence-corrected chi connectivity index (χ4v) is 4.85. The van der Waals surface area contributed by atoms with Gasteiger partial charge in [-0.3, -0.25) is 10.1 Å². The summed E-state index contributed by atoms with van der Waals surface area (Å²) in [5.74, 6) is 2.72. The summed E-state index contributed by atoms with van der Waals surface area (Å²) in [6.45, 7) is 6.31. The van der Waals surface area contributed by atoms with E-state index in [1.165, 1.54) is 11.8 Å². The van der Waals surface area contributed by atoms with Crippen molar-refractivity contribution in [2.45, 2.75) is 18.4 Å². The van der Waals surface area contributed by atoms with Gasteiger partial charge in [0.25, 0.3) is 0 Å². The summed E-state index contributed by atoms with van der Waals surface area (Å²) in [4.78, 5) is 24.5. The van der Waals surface area contributed by atoms with Crippen LogP contribution in [-0.2, 0) is 11.2 Å². The van der Waals surface area contributed by atoms with Crippen molar-refractivity contribution in [2.24, 2.45) is 0 Å². The molecule has 0 radical (unpaired) electrons. The Morgan fingerprint density at radius 1 is 1.19 bits per heavy atom. The predicted octanol–water partition coefficient (Wildman–Crippen LogP) is 0.865. The van der Waals surface area contributed by atoms with Gasteiger partial charge in [-0.2, -0.15) is 9.97 Å². The number of rotatable bonds is 6. The van der Waals surface area contributed by atoms with Crippen molar-refractivity contribution < 1.29 is 9.48 Å². The van der Waals surface area contributed by atoms with E-state index in [-0.39, 0.29) is 10.6 Å². The fraction of sp³-hybridized carbons (Fsp3) is 0.733. The second-order valence-electron chi connectivity index (χ2n) is 6.18. The number of thioether (sulfide) groups is 1. The number of nitro groups is 1. The first kappa shape index (κ1) is 19.5. The molecule has 0 spiro atoms. The number of nitrogens with zero attached hydrogens (tertiary/aromatic N) is 5. The van der Waals surface area contributed by atoms with Crippen LogP contribution in [0.1, 0.15) is 13.3 Å². The van der Waals surface area contributed by atoms with Gasteiger partial charge in [0.2, 0.25) is 11.8 Å². The molecule has 1 aromatic rings. The number of hydrogen-bond acceptors (Lipinski definition) is 9. The van der Waals surface area contributed by atoms with Crippen molar-refractivity contribution in [2.75, 3.05) is 66.3 Å². The van der Waals surface area contributed by atoms with Gasteiger partial charge in [-0.05, 0) is 12.2 Å². The molecular weight excluding hydrogens is 376 g/mol. The van der Waals surface area contributed by atoms with E-state index in [1.54, 1.807) is 0 Å². The minimum absolute atomic E-state index is 0.0185. The molecule has 2 fully saturated rings. The first-order chi connectivity index (χ1) is 12.6. The number of anilines is 2. The quantitative estimate of drug-likeness (QED) is 0.244. The lowest BCUT2D eigenvalue weighted by Gasteiger charge is -2.31. The van der Waals surface area contributed by atoms with Crippen molar-refractivity contribution in [3.63, 3.8) is 0 Å². The van der Waals surface area contributed by atoms with Gasteiger partial charge in [0.05, 0.1) is 18.0 Å². The molecule has 0 atom stereocenters. The molecule has 11 heteroatoms. The predicted molar refractivity (Wildman–Crippen MR) is 105 cm³/mol. The van der Waals surface area contributed by atoms with Crippen molar-refractivity contribution in [3.8, 4) is 0 Å². The number of nitrogens with one attached hydrogen (secondary N) is 1. The number of piperazine rings is 1. The topological polar surface area (TPSA) is 110 Å². The van der Waals surface area contributed by atoms with Crippen LogP contribution in [0.5, 0.6) is 0 Å². The van der Waals surface area contributed by atoms with E-state index in [1.807, 2.05) is 11.8 Å². The van der Waals surface area contributed by atoms with Crippen LogP contribution in [0, 0.1) is 10.1 Å². The Balaban J connectivity index is 2.00. The SMILES string of the molecule is CCCSc1nc(N2CCNCC2)nc(N2CC[S+]([O-])CC2)c1[N+](=O)[O-]. The summed E-state index contributed by atoms with van der Waals surface area (Å²) in [6, 6.07) is 0. The molecule has 0 saturated carbocycles. The highest BCUT2D eigenvalue weighted by Gasteiger charge is 2.32. The molecular formula is C15H24N6O3S2. The molecule has 9 nitrogen and oxygen atoms in total. The molecule has 0 aromatic carbocycles. The van der Waals surface area contributed by atoms with Gasteiger partial charge in [-0.15, -0.1) is 0 Å². The number of hydrogen-bond donors (Lipinski definition) is 1. The maximum atomic E-state index is 11.8. The zero-order valence-corrected chi connectivity index (χ0v) is 16.5. The lowest BCUT2D eigenvalue weighted by Crippen LogP contribution is -2.45. The standard InChI is InChI=1S/C15H24N6O3S2/c1-2-9-25-14-12(21(22)23)13(19-7-10-26(24)11-8-19)17-15(18-14)20-5-3-16-4-6-20/h16H,2-11H2,1H3. The Morgan fingerprint density at radius 2 is 1.88 bits per heavy atom. The highest BCUT2D eigenvalue weighted by atomic mass is 32.2. The first-order valence-corrected chi connectivity index (χ1v) is 11.3. The van der Waals surface area contributed by atoms with E-state index >= 15 is 0 Å². The average Bonchev–Trinajstić information content (AvgIpc) is 2.66. The molecule has 0 aliphatic carbocycles. The van der Waals surface area contributed by atoms with Crippen LogP contribution >= 0.6 is 11.8 Å². The largest absolute Gasteiger partial charge is 0.616 e. The Kier molecular flexibility index (Phi) is 6.79. The molecule has 3 heterocycles. The highest BCUT2D eigenvalue weighted by molar-refractivity contribution is 7.99. The summed E-state index contributed by atoms with van der Waals surface area (Å²) < 4.78 is 11.7. The normalized spacial score (nSPS) is 19.0. The van der Waals surface area contributed by atoms with E-state index in [2.05, 4.69) is 20.2 Å². The molecule has 3 rings (SSSR count). The smallest absolute Gasteiger partial charge is 0.343 e. The van der Waals surface area contributed by atoms with Gasteiger partial charge < -0.3 is 19.7 Å². The van der Waals surface area contributed by atoms with E-state index in [0.29, 0.717) is 41.4 Å². The van der Waals surface area contributed by atoms with Gasteiger partial charge in [-0.25, -0.2) is 0 Å². The van der Waals surface area contributed by atoms with E-state index in [9.17, 15) is 14.7 Å². The zero-order chi connectivity index (χ0) is 18.5. The highest BCUT2D eigenvalue weighted by Crippen LogP contribution is 2.37. The second-order valence-corrected chi connectivity index (χ2v) is 8.96. The van der Waals surface area contributed by atoms with Crippen LogP contribution in [0.25, 0.3) is 0 Å². The van der Waals surface area contributed by atoms with Crippen molar-refractivity contribution in [3.05, 3.63) is 10.1 Å². The van der Waals surface area contributed by atoms with Crippen LogP contribution in [0.2, 0.25) is 0 Å². The molecule has 144 valence electrons. The van der Waals surface area contributed by atoms with Gasteiger partial charge in [0.1, 0.15) is 11.5 Å². The molecule has 0 bridgehead atoms. The van der Waals surface area contributed by atoms with Crippen LogP contribution in [-0.4, -0.2) is 76.0 Å². The fourth-order valence-electron chi connectivity index (χ4n) is 2.95. The molecule has 0 amide bonds.